The summed E-state index contributed by atoms with van der Waals surface area (Å²) in [7, 11) is 0. The number of aromatic nitrogens is 5. The summed E-state index contributed by atoms with van der Waals surface area (Å²) in [6.07, 6.45) is 1.87. The van der Waals surface area contributed by atoms with Crippen LogP contribution in [0.5, 0.6) is 0 Å². The molecule has 0 saturated carbocycles. The molecule has 0 amide bonds. The zero-order chi connectivity index (χ0) is 35.1. The number of para-hydroxylation sites is 2. The summed E-state index contributed by atoms with van der Waals surface area (Å²) in [4.78, 5) is 19.8. The van der Waals surface area contributed by atoms with Gasteiger partial charge in [0.05, 0.1) is 16.6 Å². The van der Waals surface area contributed by atoms with E-state index < -0.39 is 0 Å². The number of hydrogen-bond acceptors (Lipinski definition) is 4. The lowest BCUT2D eigenvalue weighted by Gasteiger charge is -2.13. The Morgan fingerprint density at radius 1 is 0.358 bits per heavy atom. The normalized spacial score (nSPS) is 11.4. The molecule has 5 heteroatoms. The van der Waals surface area contributed by atoms with Gasteiger partial charge in [-0.25, -0.2) is 15.0 Å². The first-order chi connectivity index (χ1) is 26.3. The van der Waals surface area contributed by atoms with Gasteiger partial charge in [0.25, 0.3) is 0 Å². The van der Waals surface area contributed by atoms with Crippen molar-refractivity contribution >= 4 is 32.7 Å². The van der Waals surface area contributed by atoms with Gasteiger partial charge in [0, 0.05) is 50.3 Å². The minimum absolute atomic E-state index is 0.618. The molecule has 248 valence electrons. The fourth-order valence-electron chi connectivity index (χ4n) is 7.35. The van der Waals surface area contributed by atoms with Gasteiger partial charge in [0.2, 0.25) is 0 Å². The van der Waals surface area contributed by atoms with Crippen molar-refractivity contribution in [2.24, 2.45) is 0 Å². The van der Waals surface area contributed by atoms with E-state index in [4.69, 9.17) is 19.9 Å². The topological polar surface area (TPSA) is 56.5 Å². The van der Waals surface area contributed by atoms with Gasteiger partial charge < -0.3 is 4.57 Å². The van der Waals surface area contributed by atoms with Gasteiger partial charge in [-0.05, 0) is 65.2 Å². The van der Waals surface area contributed by atoms with Gasteiger partial charge in [-0.1, -0.05) is 133 Å². The van der Waals surface area contributed by atoms with Crippen LogP contribution in [0.3, 0.4) is 0 Å². The van der Waals surface area contributed by atoms with Crippen molar-refractivity contribution in [1.82, 2.24) is 24.5 Å². The smallest absolute Gasteiger partial charge is 0.164 e. The Hall–Kier alpha value is -7.24. The van der Waals surface area contributed by atoms with Gasteiger partial charge in [-0.3, -0.25) is 4.98 Å². The van der Waals surface area contributed by atoms with Crippen LogP contribution >= 0.6 is 0 Å². The van der Waals surface area contributed by atoms with Crippen molar-refractivity contribution in [2.45, 2.75) is 0 Å². The molecule has 10 aromatic rings. The maximum Gasteiger partial charge on any atom is 0.164 e. The Balaban J connectivity index is 1.14. The van der Waals surface area contributed by atoms with Crippen molar-refractivity contribution in [3.63, 3.8) is 0 Å². The molecule has 0 unspecified atom stereocenters. The molecule has 0 N–H and O–H groups in total. The highest BCUT2D eigenvalue weighted by Crippen LogP contribution is 2.38. The van der Waals surface area contributed by atoms with Crippen LogP contribution in [-0.4, -0.2) is 24.5 Å². The molecular weight excluding hydrogens is 647 g/mol. The Kier molecular flexibility index (Phi) is 7.40. The molecule has 3 heterocycles. The van der Waals surface area contributed by atoms with Gasteiger partial charge >= 0.3 is 0 Å². The van der Waals surface area contributed by atoms with Crippen LogP contribution in [0.25, 0.3) is 94.8 Å². The third-order valence-electron chi connectivity index (χ3n) is 9.86. The summed E-state index contributed by atoms with van der Waals surface area (Å²) < 4.78 is 2.36. The number of pyridine rings is 1. The van der Waals surface area contributed by atoms with E-state index in [0.717, 1.165) is 55.5 Å². The van der Waals surface area contributed by atoms with Crippen molar-refractivity contribution < 1.29 is 0 Å². The third kappa shape index (κ3) is 5.52. The van der Waals surface area contributed by atoms with Crippen LogP contribution in [0.4, 0.5) is 0 Å². The number of hydrogen-bond donors (Lipinski definition) is 0. The highest BCUT2D eigenvalue weighted by molar-refractivity contribution is 6.10. The molecular formula is C48H31N5. The second-order valence-corrected chi connectivity index (χ2v) is 13.1. The van der Waals surface area contributed by atoms with Crippen LogP contribution < -0.4 is 0 Å². The highest BCUT2D eigenvalue weighted by atomic mass is 15.0. The standard InChI is InChI=1S/C48H31N5/c1-4-14-32(15-5-1)46-50-47(33-16-6-2-7-17-33)52-48(51-46)37-19-12-18-35(28-37)42-30-38(29-36-20-13-27-49-45(36)42)34-25-26-41-40-23-10-11-24-43(40)53(44(41)31-34)39-21-8-3-9-22-39/h1-31H. The van der Waals surface area contributed by atoms with E-state index in [1.54, 1.807) is 0 Å². The zero-order valence-corrected chi connectivity index (χ0v) is 28.6. The molecule has 53 heavy (non-hydrogen) atoms. The number of rotatable bonds is 6. The maximum atomic E-state index is 5.00. The van der Waals surface area contributed by atoms with Gasteiger partial charge in [-0.15, -0.1) is 0 Å². The lowest BCUT2D eigenvalue weighted by atomic mass is 9.94. The fourth-order valence-corrected chi connectivity index (χ4v) is 7.35. The molecule has 3 aromatic heterocycles. The summed E-state index contributed by atoms with van der Waals surface area (Å²) in [5, 5.41) is 3.54. The molecule has 0 radical (unpaired) electrons. The SMILES string of the molecule is c1ccc(-c2nc(-c3ccccc3)nc(-c3cccc(-c4cc(-c5ccc6c7ccccc7n(-c7ccccc7)c6c5)cc5cccnc45)c3)n2)cc1. The first-order valence-electron chi connectivity index (χ1n) is 17.7. The van der Waals surface area contributed by atoms with Gasteiger partial charge in [0.1, 0.15) is 0 Å². The lowest BCUT2D eigenvalue weighted by Crippen LogP contribution is -2.00. The van der Waals surface area contributed by atoms with Gasteiger partial charge in [-0.2, -0.15) is 0 Å². The highest BCUT2D eigenvalue weighted by Gasteiger charge is 2.17. The molecule has 0 bridgehead atoms. The average molecular weight is 678 g/mol. The van der Waals surface area contributed by atoms with Crippen LogP contribution in [0, 0.1) is 0 Å². The first kappa shape index (κ1) is 30.6. The second-order valence-electron chi connectivity index (χ2n) is 13.1. The molecule has 0 spiro atoms. The van der Waals surface area contributed by atoms with E-state index in [9.17, 15) is 0 Å². The second kappa shape index (κ2) is 12.8. The van der Waals surface area contributed by atoms with E-state index in [-0.39, 0.29) is 0 Å². The Morgan fingerprint density at radius 2 is 0.962 bits per heavy atom. The molecule has 0 aliphatic heterocycles. The molecule has 5 nitrogen and oxygen atoms in total. The van der Waals surface area contributed by atoms with Crippen molar-refractivity contribution in [1.29, 1.82) is 0 Å². The van der Waals surface area contributed by atoms with Crippen LogP contribution in [0.2, 0.25) is 0 Å². The Labute approximate surface area is 306 Å². The summed E-state index contributed by atoms with van der Waals surface area (Å²) in [6, 6.07) is 63.3. The number of nitrogens with zero attached hydrogens (tertiary/aromatic N) is 5. The molecule has 0 aliphatic carbocycles. The summed E-state index contributed by atoms with van der Waals surface area (Å²) >= 11 is 0. The van der Waals surface area contributed by atoms with Gasteiger partial charge in [0.15, 0.2) is 17.5 Å². The number of benzene rings is 7. The van der Waals surface area contributed by atoms with Crippen LogP contribution in [0.15, 0.2) is 188 Å². The lowest BCUT2D eigenvalue weighted by molar-refractivity contribution is 1.07. The predicted molar refractivity (Wildman–Crippen MR) is 217 cm³/mol. The maximum absolute atomic E-state index is 5.00. The Morgan fingerprint density at radius 3 is 1.70 bits per heavy atom. The molecule has 0 aliphatic rings. The van der Waals surface area contributed by atoms with Crippen molar-refractivity contribution in [3.8, 4) is 62.1 Å². The van der Waals surface area contributed by atoms with E-state index in [0.29, 0.717) is 17.5 Å². The summed E-state index contributed by atoms with van der Waals surface area (Å²) in [5.74, 6) is 1.89. The van der Waals surface area contributed by atoms with E-state index in [2.05, 4.69) is 120 Å². The molecule has 0 saturated heterocycles. The van der Waals surface area contributed by atoms with E-state index in [1.165, 1.54) is 21.8 Å². The molecule has 0 fully saturated rings. The molecule has 10 rings (SSSR count). The van der Waals surface area contributed by atoms with Crippen LogP contribution in [-0.2, 0) is 0 Å². The number of fused-ring (bicyclic) bond motifs is 4. The largest absolute Gasteiger partial charge is 0.309 e. The summed E-state index contributed by atoms with van der Waals surface area (Å²) in [6.45, 7) is 0. The zero-order valence-electron chi connectivity index (χ0n) is 28.6. The van der Waals surface area contributed by atoms with E-state index >= 15 is 0 Å². The minimum atomic E-state index is 0.618. The van der Waals surface area contributed by atoms with Crippen molar-refractivity contribution in [3.05, 3.63) is 188 Å². The first-order valence-corrected chi connectivity index (χ1v) is 17.7. The molecule has 0 atom stereocenters. The van der Waals surface area contributed by atoms with Crippen molar-refractivity contribution in [2.75, 3.05) is 0 Å². The molecule has 7 aromatic carbocycles. The monoisotopic (exact) mass is 677 g/mol. The quantitative estimate of drug-likeness (QED) is 0.176. The minimum Gasteiger partial charge on any atom is -0.309 e. The third-order valence-corrected chi connectivity index (χ3v) is 9.86. The predicted octanol–water partition coefficient (Wildman–Crippen LogP) is 11.9. The average Bonchev–Trinajstić information content (AvgIpc) is 3.58. The van der Waals surface area contributed by atoms with E-state index in [1.807, 2.05) is 72.9 Å². The summed E-state index contributed by atoms with van der Waals surface area (Å²) in [5.41, 5.74) is 11.6. The van der Waals surface area contributed by atoms with Crippen LogP contribution in [0.1, 0.15) is 0 Å². The fraction of sp³-hybridized carbons (Fsp3) is 0. The Bertz CT molecular complexity index is 2880.